The van der Waals surface area contributed by atoms with Gasteiger partial charge < -0.3 is 9.64 Å². The van der Waals surface area contributed by atoms with Crippen LogP contribution in [0.4, 0.5) is 8.78 Å². The van der Waals surface area contributed by atoms with Crippen molar-refractivity contribution in [3.05, 3.63) is 53.4 Å². The van der Waals surface area contributed by atoms with E-state index in [4.69, 9.17) is 4.74 Å². The van der Waals surface area contributed by atoms with Crippen molar-refractivity contribution in [3.8, 4) is 0 Å². The number of carbonyl (C=O) groups excluding carboxylic acids is 1. The van der Waals surface area contributed by atoms with Gasteiger partial charge in [-0.1, -0.05) is 6.07 Å². The molecule has 1 fully saturated rings. The molecule has 128 valence electrons. The molecule has 0 saturated carbocycles. The van der Waals surface area contributed by atoms with E-state index >= 15 is 0 Å². The van der Waals surface area contributed by atoms with Crippen LogP contribution in [-0.2, 0) is 4.74 Å². The molecule has 1 amide bonds. The maximum atomic E-state index is 13.4. The highest BCUT2D eigenvalue weighted by atomic mass is 19.2. The fraction of sp³-hybridized carbons (Fsp3) is 0.412. The van der Waals surface area contributed by atoms with Crippen molar-refractivity contribution in [2.75, 3.05) is 19.7 Å². The Morgan fingerprint density at radius 2 is 2.12 bits per heavy atom. The molecule has 1 atom stereocenters. The predicted octanol–water partition coefficient (Wildman–Crippen LogP) is 2.96. The van der Waals surface area contributed by atoms with Gasteiger partial charge in [0, 0.05) is 18.8 Å². The van der Waals surface area contributed by atoms with Gasteiger partial charge in [0.15, 0.2) is 11.6 Å². The number of morpholine rings is 1. The third-order valence-corrected chi connectivity index (χ3v) is 4.05. The van der Waals surface area contributed by atoms with Crippen LogP contribution in [0.3, 0.4) is 0 Å². The lowest BCUT2D eigenvalue weighted by Gasteiger charge is -2.33. The first-order valence-electron chi connectivity index (χ1n) is 7.85. The minimum absolute atomic E-state index is 0.141. The molecule has 0 radical (unpaired) electrons. The van der Waals surface area contributed by atoms with E-state index in [0.717, 1.165) is 12.1 Å². The van der Waals surface area contributed by atoms with Crippen LogP contribution in [0.2, 0.25) is 0 Å². The predicted molar refractivity (Wildman–Crippen MR) is 83.6 cm³/mol. The summed E-state index contributed by atoms with van der Waals surface area (Å²) in [5.41, 5.74) is 1.03. The molecular weight excluding hydrogens is 316 g/mol. The summed E-state index contributed by atoms with van der Waals surface area (Å²) >= 11 is 0. The second-order valence-corrected chi connectivity index (χ2v) is 6.09. The van der Waals surface area contributed by atoms with Crippen LogP contribution >= 0.6 is 0 Å². The zero-order valence-corrected chi connectivity index (χ0v) is 13.6. The second-order valence-electron chi connectivity index (χ2n) is 6.09. The maximum absolute atomic E-state index is 13.4. The molecule has 24 heavy (non-hydrogen) atoms. The van der Waals surface area contributed by atoms with Crippen LogP contribution in [0.15, 0.2) is 30.6 Å². The zero-order chi connectivity index (χ0) is 17.3. The van der Waals surface area contributed by atoms with Crippen molar-refractivity contribution in [1.29, 1.82) is 0 Å². The summed E-state index contributed by atoms with van der Waals surface area (Å²) in [5, 5.41) is 4.18. The maximum Gasteiger partial charge on any atom is 0.257 e. The smallest absolute Gasteiger partial charge is 0.257 e. The van der Waals surface area contributed by atoms with Gasteiger partial charge in [-0.05, 0) is 31.5 Å². The van der Waals surface area contributed by atoms with Crippen molar-refractivity contribution in [2.24, 2.45) is 0 Å². The van der Waals surface area contributed by atoms with Gasteiger partial charge in [0.25, 0.3) is 5.91 Å². The molecule has 0 aliphatic carbocycles. The summed E-state index contributed by atoms with van der Waals surface area (Å²) in [6.45, 7) is 5.04. The number of hydrogen-bond donors (Lipinski definition) is 0. The van der Waals surface area contributed by atoms with E-state index in [0.29, 0.717) is 24.3 Å². The van der Waals surface area contributed by atoms with Crippen LogP contribution in [0.1, 0.15) is 41.9 Å². The fourth-order valence-electron chi connectivity index (χ4n) is 2.66. The number of nitrogens with zero attached hydrogens (tertiary/aromatic N) is 3. The summed E-state index contributed by atoms with van der Waals surface area (Å²) in [5.74, 6) is -1.96. The lowest BCUT2D eigenvalue weighted by Crippen LogP contribution is -2.42. The molecule has 1 aliphatic rings. The minimum Gasteiger partial charge on any atom is -0.370 e. The highest BCUT2D eigenvalue weighted by Crippen LogP contribution is 2.24. The van der Waals surface area contributed by atoms with Gasteiger partial charge >= 0.3 is 0 Å². The Balaban J connectivity index is 1.74. The summed E-state index contributed by atoms with van der Waals surface area (Å²) < 4.78 is 33.8. The van der Waals surface area contributed by atoms with Crippen LogP contribution in [0.25, 0.3) is 0 Å². The van der Waals surface area contributed by atoms with Crippen LogP contribution < -0.4 is 0 Å². The first kappa shape index (κ1) is 16.6. The summed E-state index contributed by atoms with van der Waals surface area (Å²) in [4.78, 5) is 14.3. The van der Waals surface area contributed by atoms with Gasteiger partial charge in [-0.3, -0.25) is 9.48 Å². The third kappa shape index (κ3) is 3.31. The van der Waals surface area contributed by atoms with E-state index < -0.39 is 17.7 Å². The lowest BCUT2D eigenvalue weighted by atomic mass is 10.1. The zero-order valence-electron chi connectivity index (χ0n) is 13.6. The van der Waals surface area contributed by atoms with Gasteiger partial charge in [0.1, 0.15) is 6.10 Å². The largest absolute Gasteiger partial charge is 0.370 e. The molecule has 2 aromatic rings. The Morgan fingerprint density at radius 1 is 1.33 bits per heavy atom. The van der Waals surface area contributed by atoms with Crippen molar-refractivity contribution in [2.45, 2.75) is 26.0 Å². The fourth-order valence-corrected chi connectivity index (χ4v) is 2.66. The van der Waals surface area contributed by atoms with E-state index in [1.807, 2.05) is 13.8 Å². The van der Waals surface area contributed by atoms with Gasteiger partial charge in [-0.2, -0.15) is 5.10 Å². The van der Waals surface area contributed by atoms with Crippen LogP contribution in [0, 0.1) is 11.6 Å². The standard InChI is InChI=1S/C17H19F2N3O2/c1-11(2)22-9-13(8-20-22)17(23)21-5-6-24-16(10-21)12-3-4-14(18)15(19)7-12/h3-4,7-9,11,16H,5-6,10H2,1-2H3/t16-/m0/s1. The molecule has 1 aromatic heterocycles. The van der Waals surface area contributed by atoms with Gasteiger partial charge in [-0.25, -0.2) is 8.78 Å². The van der Waals surface area contributed by atoms with Crippen LogP contribution in [-0.4, -0.2) is 40.3 Å². The topological polar surface area (TPSA) is 47.4 Å². The van der Waals surface area contributed by atoms with Gasteiger partial charge in [0.2, 0.25) is 0 Å². The highest BCUT2D eigenvalue weighted by Gasteiger charge is 2.27. The van der Waals surface area contributed by atoms with E-state index in [9.17, 15) is 13.6 Å². The monoisotopic (exact) mass is 335 g/mol. The average Bonchev–Trinajstić information content (AvgIpc) is 3.07. The number of benzene rings is 1. The lowest BCUT2D eigenvalue weighted by molar-refractivity contribution is -0.0229. The quantitative estimate of drug-likeness (QED) is 0.866. The molecule has 5 nitrogen and oxygen atoms in total. The molecule has 0 N–H and O–H groups in total. The highest BCUT2D eigenvalue weighted by molar-refractivity contribution is 5.93. The molecule has 0 bridgehead atoms. The minimum atomic E-state index is -0.919. The number of aromatic nitrogens is 2. The number of amides is 1. The van der Waals surface area contributed by atoms with E-state index in [2.05, 4.69) is 5.10 Å². The normalized spacial score (nSPS) is 18.2. The number of carbonyl (C=O) groups is 1. The molecule has 2 heterocycles. The molecule has 0 spiro atoms. The van der Waals surface area contributed by atoms with Crippen molar-refractivity contribution >= 4 is 5.91 Å². The molecule has 0 unspecified atom stereocenters. The average molecular weight is 335 g/mol. The molecule has 1 aromatic carbocycles. The van der Waals surface area contributed by atoms with E-state index in [1.165, 1.54) is 6.07 Å². The Labute approximate surface area is 138 Å². The first-order chi connectivity index (χ1) is 11.5. The summed E-state index contributed by atoms with van der Waals surface area (Å²) in [6.07, 6.45) is 2.79. The molecular formula is C17H19F2N3O2. The first-order valence-corrected chi connectivity index (χ1v) is 7.85. The number of halogens is 2. The molecule has 7 heteroatoms. The SMILES string of the molecule is CC(C)n1cc(C(=O)N2CCO[C@H](c3ccc(F)c(F)c3)C2)cn1. The van der Waals surface area contributed by atoms with E-state index in [-0.39, 0.29) is 18.5 Å². The van der Waals surface area contributed by atoms with Crippen molar-refractivity contribution in [3.63, 3.8) is 0 Å². The number of rotatable bonds is 3. The summed E-state index contributed by atoms with van der Waals surface area (Å²) in [6, 6.07) is 3.84. The molecule has 3 rings (SSSR count). The molecule has 1 aliphatic heterocycles. The van der Waals surface area contributed by atoms with Crippen LogP contribution in [0.5, 0.6) is 0 Å². The Kier molecular flexibility index (Phi) is 4.62. The van der Waals surface area contributed by atoms with Gasteiger partial charge in [-0.15, -0.1) is 0 Å². The second kappa shape index (κ2) is 6.68. The Morgan fingerprint density at radius 3 is 2.79 bits per heavy atom. The van der Waals surface area contributed by atoms with Gasteiger partial charge in [0.05, 0.1) is 24.9 Å². The Hall–Kier alpha value is -2.28. The summed E-state index contributed by atoms with van der Waals surface area (Å²) in [7, 11) is 0. The Bertz CT molecular complexity index is 745. The van der Waals surface area contributed by atoms with Crippen molar-refractivity contribution in [1.82, 2.24) is 14.7 Å². The van der Waals surface area contributed by atoms with Crippen molar-refractivity contribution < 1.29 is 18.3 Å². The number of ether oxygens (including phenoxy) is 1. The third-order valence-electron chi connectivity index (χ3n) is 4.05. The van der Waals surface area contributed by atoms with E-state index in [1.54, 1.807) is 22.0 Å². The molecule has 1 saturated heterocycles. The number of hydrogen-bond acceptors (Lipinski definition) is 3.